The number of halogens is 1. The third-order valence-corrected chi connectivity index (χ3v) is 6.74. The summed E-state index contributed by atoms with van der Waals surface area (Å²) in [6.45, 7) is 5.13. The van der Waals surface area contributed by atoms with Gasteiger partial charge in [0.05, 0.1) is 25.7 Å². The molecule has 1 N–H and O–H groups in total. The van der Waals surface area contributed by atoms with E-state index in [1.54, 1.807) is 6.07 Å². The van der Waals surface area contributed by atoms with E-state index in [-0.39, 0.29) is 41.6 Å². The minimum atomic E-state index is -0.483. The van der Waals surface area contributed by atoms with E-state index in [0.717, 1.165) is 30.4 Å². The molecule has 30 heavy (non-hydrogen) atoms. The first-order valence-corrected chi connectivity index (χ1v) is 10.9. The molecule has 3 aliphatic rings. The Balaban J connectivity index is 1.37. The molecule has 1 saturated carbocycles. The predicted octanol–water partition coefficient (Wildman–Crippen LogP) is 3.08. The van der Waals surface area contributed by atoms with Crippen molar-refractivity contribution in [1.29, 1.82) is 0 Å². The van der Waals surface area contributed by atoms with Gasteiger partial charge in [-0.2, -0.15) is 0 Å². The number of hydrogen-bond donors (Lipinski definition) is 1. The van der Waals surface area contributed by atoms with Crippen LogP contribution in [0.3, 0.4) is 0 Å². The molecule has 2 saturated heterocycles. The van der Waals surface area contributed by atoms with Gasteiger partial charge in [-0.05, 0) is 48.8 Å². The molecule has 2 aliphatic heterocycles. The van der Waals surface area contributed by atoms with E-state index in [4.69, 9.17) is 14.2 Å². The fraction of sp³-hybridized carbons (Fsp3) is 0.652. The second-order valence-electron chi connectivity index (χ2n) is 8.87. The van der Waals surface area contributed by atoms with Gasteiger partial charge in [0.25, 0.3) is 0 Å². The summed E-state index contributed by atoms with van der Waals surface area (Å²) in [4.78, 5) is 23.2. The van der Waals surface area contributed by atoms with Crippen molar-refractivity contribution in [1.82, 2.24) is 5.32 Å². The van der Waals surface area contributed by atoms with Gasteiger partial charge in [-0.15, -0.1) is 0 Å². The van der Waals surface area contributed by atoms with Crippen LogP contribution in [0.5, 0.6) is 0 Å². The molecular formula is C23H30FNO5. The van der Waals surface area contributed by atoms with Crippen molar-refractivity contribution in [3.8, 4) is 0 Å². The van der Waals surface area contributed by atoms with Gasteiger partial charge in [0.1, 0.15) is 11.9 Å². The topological polar surface area (TPSA) is 73.9 Å². The largest absolute Gasteiger partial charge is 0.460 e. The first kappa shape index (κ1) is 21.2. The number of ether oxygens (including phenoxy) is 3. The van der Waals surface area contributed by atoms with E-state index in [2.05, 4.69) is 12.2 Å². The van der Waals surface area contributed by atoms with E-state index >= 15 is 0 Å². The van der Waals surface area contributed by atoms with Crippen molar-refractivity contribution in [2.45, 2.75) is 63.8 Å². The zero-order valence-corrected chi connectivity index (χ0v) is 17.6. The number of benzene rings is 1. The quantitative estimate of drug-likeness (QED) is 0.743. The van der Waals surface area contributed by atoms with Gasteiger partial charge in [0, 0.05) is 19.3 Å². The van der Waals surface area contributed by atoms with Crippen LogP contribution in [0.15, 0.2) is 18.2 Å². The minimum Gasteiger partial charge on any atom is -0.460 e. The molecule has 0 radical (unpaired) electrons. The molecule has 1 aromatic rings. The third kappa shape index (κ3) is 4.37. The van der Waals surface area contributed by atoms with Gasteiger partial charge in [-0.3, -0.25) is 9.59 Å². The summed E-state index contributed by atoms with van der Waals surface area (Å²) in [6, 6.07) is 5.34. The van der Waals surface area contributed by atoms with Crippen molar-refractivity contribution in [2.75, 3.05) is 19.8 Å². The summed E-state index contributed by atoms with van der Waals surface area (Å²) in [7, 11) is 0. The van der Waals surface area contributed by atoms with Crippen LogP contribution in [0, 0.1) is 17.7 Å². The number of carbonyl (C=O) groups excluding carboxylic acids is 2. The van der Waals surface area contributed by atoms with E-state index in [1.165, 1.54) is 6.92 Å². The Morgan fingerprint density at radius 1 is 1.27 bits per heavy atom. The molecule has 3 fully saturated rings. The molecule has 4 atom stereocenters. The van der Waals surface area contributed by atoms with Crippen LogP contribution in [0.25, 0.3) is 0 Å². The summed E-state index contributed by atoms with van der Waals surface area (Å²) >= 11 is 0. The fourth-order valence-corrected chi connectivity index (χ4v) is 5.11. The highest BCUT2D eigenvalue weighted by Crippen LogP contribution is 2.46. The van der Waals surface area contributed by atoms with Gasteiger partial charge in [0.15, 0.2) is 5.79 Å². The Kier molecular flexibility index (Phi) is 6.11. The Morgan fingerprint density at radius 2 is 2.03 bits per heavy atom. The number of nitrogens with one attached hydrogen (secondary N) is 1. The predicted molar refractivity (Wildman–Crippen MR) is 107 cm³/mol. The van der Waals surface area contributed by atoms with Crippen molar-refractivity contribution >= 4 is 11.9 Å². The Labute approximate surface area is 176 Å². The summed E-state index contributed by atoms with van der Waals surface area (Å²) in [5, 5.41) is 2.67. The molecule has 2 heterocycles. The lowest BCUT2D eigenvalue weighted by Crippen LogP contribution is -2.42. The minimum absolute atomic E-state index is 0.144. The molecule has 164 valence electrons. The monoisotopic (exact) mass is 419 g/mol. The summed E-state index contributed by atoms with van der Waals surface area (Å²) in [5.74, 6) is -1.07. The highest BCUT2D eigenvalue weighted by molar-refractivity contribution is 5.75. The summed E-state index contributed by atoms with van der Waals surface area (Å²) in [5.41, 5.74) is 1.53. The molecular weight excluding hydrogens is 389 g/mol. The molecule has 1 amide bonds. The normalized spacial score (nSPS) is 30.4. The van der Waals surface area contributed by atoms with E-state index in [0.29, 0.717) is 32.6 Å². The van der Waals surface area contributed by atoms with Crippen LogP contribution >= 0.6 is 0 Å². The number of cyclic esters (lactones) is 1. The summed E-state index contributed by atoms with van der Waals surface area (Å²) in [6.07, 6.45) is 3.11. The first-order valence-electron chi connectivity index (χ1n) is 10.9. The Hall–Kier alpha value is -1.99. The maximum Gasteiger partial charge on any atom is 0.309 e. The number of carbonyl (C=O) groups is 2. The van der Waals surface area contributed by atoms with E-state index in [1.807, 2.05) is 12.1 Å². The number of esters is 1. The number of rotatable bonds is 5. The van der Waals surface area contributed by atoms with Crippen molar-refractivity contribution in [2.24, 2.45) is 11.8 Å². The average molecular weight is 419 g/mol. The van der Waals surface area contributed by atoms with Crippen molar-refractivity contribution < 1.29 is 28.2 Å². The Morgan fingerprint density at radius 3 is 2.70 bits per heavy atom. The lowest BCUT2D eigenvalue weighted by molar-refractivity contribution is -0.210. The molecule has 1 aromatic carbocycles. The first-order chi connectivity index (χ1) is 14.4. The van der Waals surface area contributed by atoms with Crippen LogP contribution in [-0.2, 0) is 30.2 Å². The number of amides is 1. The second kappa shape index (κ2) is 8.63. The number of hydrogen-bond acceptors (Lipinski definition) is 5. The standard InChI is InChI=1S/C23H30FNO5/c1-14-9-17(5-6-23(14)28-7-8-29-23)20-4-3-16(11-21(20)24)10-18-12-19(30-22(18)27)13-25-15(2)26/h3-4,11,14,17-19H,5-10,12-13H2,1-2H3,(H,25,26)/t14?,17?,18?,19-/m1/s1. The SMILES string of the molecule is CC(=O)NC[C@H]1CC(Cc2ccc(C3CCC4(OCCO4)C(C)C3)c(F)c2)C(=O)O1. The third-order valence-electron chi connectivity index (χ3n) is 6.74. The smallest absolute Gasteiger partial charge is 0.309 e. The van der Waals surface area contributed by atoms with E-state index in [9.17, 15) is 14.0 Å². The highest BCUT2D eigenvalue weighted by Gasteiger charge is 2.46. The fourth-order valence-electron chi connectivity index (χ4n) is 5.11. The maximum absolute atomic E-state index is 15.0. The van der Waals surface area contributed by atoms with Gasteiger partial charge >= 0.3 is 5.97 Å². The molecule has 6 nitrogen and oxygen atoms in total. The molecule has 4 rings (SSSR count). The molecule has 0 bridgehead atoms. The summed E-state index contributed by atoms with van der Waals surface area (Å²) < 4.78 is 32.0. The van der Waals surface area contributed by atoms with Gasteiger partial charge in [0.2, 0.25) is 5.91 Å². The molecule has 1 spiro atoms. The van der Waals surface area contributed by atoms with E-state index < -0.39 is 5.79 Å². The molecule has 0 aromatic heterocycles. The highest BCUT2D eigenvalue weighted by atomic mass is 19.1. The molecule has 1 aliphatic carbocycles. The van der Waals surface area contributed by atoms with Crippen LogP contribution in [0.4, 0.5) is 4.39 Å². The molecule has 3 unspecified atom stereocenters. The van der Waals surface area contributed by atoms with Gasteiger partial charge in [-0.1, -0.05) is 19.1 Å². The van der Waals surface area contributed by atoms with Gasteiger partial charge < -0.3 is 19.5 Å². The zero-order valence-electron chi connectivity index (χ0n) is 17.6. The van der Waals surface area contributed by atoms with Gasteiger partial charge in [-0.25, -0.2) is 4.39 Å². The van der Waals surface area contributed by atoms with Crippen LogP contribution in [0.2, 0.25) is 0 Å². The molecule has 7 heteroatoms. The van der Waals surface area contributed by atoms with Crippen LogP contribution in [-0.4, -0.2) is 43.5 Å². The zero-order chi connectivity index (χ0) is 21.3. The van der Waals surface area contributed by atoms with Crippen LogP contribution in [0.1, 0.15) is 56.6 Å². The second-order valence-corrected chi connectivity index (χ2v) is 8.87. The Bertz CT molecular complexity index is 807. The van der Waals surface area contributed by atoms with Crippen LogP contribution < -0.4 is 5.32 Å². The average Bonchev–Trinajstić information content (AvgIpc) is 3.31. The van der Waals surface area contributed by atoms with Crippen molar-refractivity contribution in [3.63, 3.8) is 0 Å². The van der Waals surface area contributed by atoms with Crippen molar-refractivity contribution in [3.05, 3.63) is 35.1 Å². The lowest BCUT2D eigenvalue weighted by Gasteiger charge is -2.41. The maximum atomic E-state index is 15.0. The lowest BCUT2D eigenvalue weighted by atomic mass is 9.74.